The molecule has 152 valence electrons. The molecule has 1 fully saturated rings. The molecule has 0 spiro atoms. The summed E-state index contributed by atoms with van der Waals surface area (Å²) in [5.41, 5.74) is 2.52. The van der Waals surface area contributed by atoms with Crippen molar-refractivity contribution in [2.45, 2.75) is 48.8 Å². The smallest absolute Gasteiger partial charge is 0.224 e. The Hall–Kier alpha value is -2.79. The molecule has 1 aliphatic rings. The van der Waals surface area contributed by atoms with E-state index in [-0.39, 0.29) is 0 Å². The van der Waals surface area contributed by atoms with Crippen LogP contribution in [0.1, 0.15) is 37.7 Å². The fraction of sp³-hybridized carbons (Fsp3) is 0.280. The van der Waals surface area contributed by atoms with Crippen LogP contribution in [0.4, 0.5) is 5.95 Å². The van der Waals surface area contributed by atoms with Crippen molar-refractivity contribution in [2.24, 2.45) is 0 Å². The van der Waals surface area contributed by atoms with Gasteiger partial charge in [0.25, 0.3) is 0 Å². The van der Waals surface area contributed by atoms with Gasteiger partial charge < -0.3 is 9.88 Å². The average molecular weight is 415 g/mol. The third-order valence-electron chi connectivity index (χ3n) is 5.76. The first-order valence-corrected chi connectivity index (χ1v) is 11.7. The van der Waals surface area contributed by atoms with Crippen LogP contribution in [0, 0.1) is 0 Å². The van der Waals surface area contributed by atoms with Crippen molar-refractivity contribution in [3.63, 3.8) is 0 Å². The molecule has 1 aliphatic carbocycles. The van der Waals surface area contributed by atoms with Gasteiger partial charge in [0.1, 0.15) is 5.82 Å². The molecule has 0 atom stereocenters. The highest BCUT2D eigenvalue weighted by atomic mass is 32.2. The van der Waals surface area contributed by atoms with Crippen LogP contribution in [0.3, 0.4) is 0 Å². The molecule has 0 saturated heterocycles. The van der Waals surface area contributed by atoms with Crippen molar-refractivity contribution in [1.82, 2.24) is 14.5 Å². The van der Waals surface area contributed by atoms with Crippen LogP contribution < -0.4 is 5.32 Å². The summed E-state index contributed by atoms with van der Waals surface area (Å²) in [6.07, 6.45) is 10.3. The predicted octanol–water partition coefficient (Wildman–Crippen LogP) is 6.46. The highest BCUT2D eigenvalue weighted by Gasteiger charge is 2.15. The number of hydrogen-bond acceptors (Lipinski definition) is 4. The van der Waals surface area contributed by atoms with Gasteiger partial charge >= 0.3 is 0 Å². The van der Waals surface area contributed by atoms with Gasteiger partial charge in [0.2, 0.25) is 5.95 Å². The van der Waals surface area contributed by atoms with Gasteiger partial charge in [0.05, 0.1) is 5.52 Å². The van der Waals surface area contributed by atoms with E-state index in [1.807, 2.05) is 24.0 Å². The number of rotatable bonds is 6. The van der Waals surface area contributed by atoms with Crippen LogP contribution in [0.2, 0.25) is 0 Å². The van der Waals surface area contributed by atoms with E-state index in [1.165, 1.54) is 53.5 Å². The second kappa shape index (κ2) is 8.92. The maximum atomic E-state index is 4.82. The van der Waals surface area contributed by atoms with Gasteiger partial charge in [-0.15, -0.1) is 11.8 Å². The molecule has 30 heavy (non-hydrogen) atoms. The Kier molecular flexibility index (Phi) is 5.71. The summed E-state index contributed by atoms with van der Waals surface area (Å²) >= 11 is 1.88. The van der Waals surface area contributed by atoms with E-state index in [9.17, 15) is 0 Å². The number of nitrogens with one attached hydrogen (secondary N) is 1. The van der Waals surface area contributed by atoms with E-state index < -0.39 is 0 Å². The van der Waals surface area contributed by atoms with Gasteiger partial charge in [0.15, 0.2) is 0 Å². The summed E-state index contributed by atoms with van der Waals surface area (Å²) in [5, 5.41) is 4.80. The summed E-state index contributed by atoms with van der Waals surface area (Å²) < 4.78 is 2.16. The van der Waals surface area contributed by atoms with Crippen LogP contribution in [0.25, 0.3) is 16.7 Å². The molecule has 1 N–H and O–H groups in total. The minimum Gasteiger partial charge on any atom is -0.351 e. The largest absolute Gasteiger partial charge is 0.351 e. The summed E-state index contributed by atoms with van der Waals surface area (Å²) in [4.78, 5) is 10.6. The zero-order valence-electron chi connectivity index (χ0n) is 17.0. The normalized spacial score (nSPS) is 14.8. The highest BCUT2D eigenvalue weighted by Crippen LogP contribution is 2.32. The Labute approximate surface area is 181 Å². The van der Waals surface area contributed by atoms with Crippen LogP contribution in [-0.4, -0.2) is 20.6 Å². The van der Waals surface area contributed by atoms with E-state index in [0.717, 1.165) is 17.5 Å². The minimum atomic E-state index is 0.497. The Morgan fingerprint density at radius 2 is 1.80 bits per heavy atom. The second-order valence-electron chi connectivity index (χ2n) is 7.87. The van der Waals surface area contributed by atoms with E-state index in [0.29, 0.717) is 6.04 Å². The highest BCUT2D eigenvalue weighted by molar-refractivity contribution is 7.98. The van der Waals surface area contributed by atoms with Crippen molar-refractivity contribution in [2.75, 3.05) is 5.32 Å². The number of hydrogen-bond donors (Lipinski definition) is 1. The maximum absolute atomic E-state index is 4.82. The standard InChI is InChI=1S/C25H26N4S/c1-3-8-19(9-4-1)18-30-23-13-7-12-22-21(23)15-17-29(22)24-14-16-26-25(28-24)27-20-10-5-2-6-11-20/h1,3-4,7-9,12-17,20H,2,5-6,10-11,18H2,(H,26,27,28). The zero-order chi connectivity index (χ0) is 20.2. The Balaban J connectivity index is 1.39. The molecular formula is C25H26N4S. The molecule has 0 aliphatic heterocycles. The van der Waals surface area contributed by atoms with Gasteiger partial charge in [-0.3, -0.25) is 0 Å². The molecule has 5 heteroatoms. The lowest BCUT2D eigenvalue weighted by Crippen LogP contribution is -2.23. The number of thioether (sulfide) groups is 1. The Morgan fingerprint density at radius 3 is 2.67 bits per heavy atom. The molecule has 2 aromatic heterocycles. The minimum absolute atomic E-state index is 0.497. The van der Waals surface area contributed by atoms with E-state index in [2.05, 4.69) is 75.7 Å². The first kappa shape index (κ1) is 19.2. The van der Waals surface area contributed by atoms with Gasteiger partial charge in [-0.05, 0) is 42.7 Å². The van der Waals surface area contributed by atoms with Crippen LogP contribution in [-0.2, 0) is 5.75 Å². The van der Waals surface area contributed by atoms with E-state index in [4.69, 9.17) is 4.98 Å². The van der Waals surface area contributed by atoms with Gasteiger partial charge in [-0.1, -0.05) is 55.7 Å². The summed E-state index contributed by atoms with van der Waals surface area (Å²) in [7, 11) is 0. The lowest BCUT2D eigenvalue weighted by Gasteiger charge is -2.22. The molecule has 4 aromatic rings. The number of aromatic nitrogens is 3. The molecule has 0 bridgehead atoms. The van der Waals surface area contributed by atoms with Crippen LogP contribution in [0.5, 0.6) is 0 Å². The summed E-state index contributed by atoms with van der Waals surface area (Å²) in [5.74, 6) is 2.60. The Bertz CT molecular complexity index is 1120. The van der Waals surface area contributed by atoms with E-state index >= 15 is 0 Å². The monoisotopic (exact) mass is 414 g/mol. The molecule has 1 saturated carbocycles. The van der Waals surface area contributed by atoms with Gasteiger partial charge in [-0.25, -0.2) is 4.98 Å². The molecule has 0 unspecified atom stereocenters. The third-order valence-corrected chi connectivity index (χ3v) is 6.90. The summed E-state index contributed by atoms with van der Waals surface area (Å²) in [6.45, 7) is 0. The van der Waals surface area contributed by atoms with Crippen LogP contribution in [0.15, 0.2) is 78.0 Å². The lowest BCUT2D eigenvalue weighted by molar-refractivity contribution is 0.461. The SMILES string of the molecule is c1ccc(CSc2cccc3c2ccn3-c2ccnc(NC3CCCCC3)n2)cc1. The topological polar surface area (TPSA) is 42.7 Å². The lowest BCUT2D eigenvalue weighted by atomic mass is 9.96. The van der Waals surface area contributed by atoms with Crippen molar-refractivity contribution in [1.29, 1.82) is 0 Å². The first-order valence-electron chi connectivity index (χ1n) is 10.7. The van der Waals surface area contributed by atoms with Crippen LogP contribution >= 0.6 is 11.8 Å². The molecule has 4 nitrogen and oxygen atoms in total. The molecule has 0 amide bonds. The van der Waals surface area contributed by atoms with Crippen molar-refractivity contribution < 1.29 is 0 Å². The molecule has 2 heterocycles. The predicted molar refractivity (Wildman–Crippen MR) is 125 cm³/mol. The number of anilines is 1. The second-order valence-corrected chi connectivity index (χ2v) is 8.88. The fourth-order valence-electron chi connectivity index (χ4n) is 4.18. The molecule has 2 aromatic carbocycles. The van der Waals surface area contributed by atoms with E-state index in [1.54, 1.807) is 0 Å². The maximum Gasteiger partial charge on any atom is 0.224 e. The fourth-order valence-corrected chi connectivity index (χ4v) is 5.20. The van der Waals surface area contributed by atoms with Crippen molar-refractivity contribution >= 4 is 28.6 Å². The van der Waals surface area contributed by atoms with Gasteiger partial charge in [0, 0.05) is 34.5 Å². The number of fused-ring (bicyclic) bond motifs is 1. The molecular weight excluding hydrogens is 388 g/mol. The number of nitrogens with zero attached hydrogens (tertiary/aromatic N) is 3. The quantitative estimate of drug-likeness (QED) is 0.368. The molecule has 5 rings (SSSR count). The molecule has 0 radical (unpaired) electrons. The van der Waals surface area contributed by atoms with Crippen molar-refractivity contribution in [3.05, 3.63) is 78.6 Å². The summed E-state index contributed by atoms with van der Waals surface area (Å²) in [6, 6.07) is 21.8. The average Bonchev–Trinajstić information content (AvgIpc) is 3.24. The number of benzene rings is 2. The van der Waals surface area contributed by atoms with Crippen molar-refractivity contribution in [3.8, 4) is 5.82 Å². The zero-order valence-corrected chi connectivity index (χ0v) is 17.8. The Morgan fingerprint density at radius 1 is 0.933 bits per heavy atom. The third kappa shape index (κ3) is 4.21. The first-order chi connectivity index (χ1) is 14.9. The van der Waals surface area contributed by atoms with Gasteiger partial charge in [-0.2, -0.15) is 4.98 Å².